The number of fused-ring (bicyclic) bond motifs is 4. The lowest BCUT2D eigenvalue weighted by molar-refractivity contribution is -0.230. The maximum Gasteiger partial charge on any atom is 0.264 e. The Labute approximate surface area is 296 Å². The van der Waals surface area contributed by atoms with Gasteiger partial charge >= 0.3 is 0 Å². The summed E-state index contributed by atoms with van der Waals surface area (Å²) in [6.45, 7) is 6.82. The number of aryl methyl sites for hydroxylation is 1. The molecule has 0 unspecified atom stereocenters. The van der Waals surface area contributed by atoms with Gasteiger partial charge in [0.15, 0.2) is 6.29 Å². The van der Waals surface area contributed by atoms with Crippen molar-refractivity contribution in [3.63, 3.8) is 0 Å². The summed E-state index contributed by atoms with van der Waals surface area (Å²) < 4.78 is 48.8. The first kappa shape index (κ1) is 34.8. The molecule has 1 spiro atoms. The molecule has 2 fully saturated rings. The van der Waals surface area contributed by atoms with Crippen molar-refractivity contribution in [1.82, 2.24) is 9.62 Å². The molecule has 1 amide bonds. The topological polar surface area (TPSA) is 97.4 Å². The van der Waals surface area contributed by atoms with Crippen LogP contribution in [0.25, 0.3) is 0 Å². The van der Waals surface area contributed by atoms with E-state index in [1.165, 1.54) is 11.1 Å². The lowest BCUT2D eigenvalue weighted by Gasteiger charge is -2.48. The summed E-state index contributed by atoms with van der Waals surface area (Å²) in [6.07, 6.45) is 9.66. The van der Waals surface area contributed by atoms with E-state index < -0.39 is 21.2 Å². The third-order valence-electron chi connectivity index (χ3n) is 12.1. The number of allylic oxidation sites excluding steroid dienone is 1. The van der Waals surface area contributed by atoms with Gasteiger partial charge in [0, 0.05) is 35.0 Å². The van der Waals surface area contributed by atoms with Crippen LogP contribution < -0.4 is 14.4 Å². The fraction of sp³-hybridized carbons (Fsp3) is 0.605. The molecule has 2 aliphatic carbocycles. The second kappa shape index (κ2) is 13.8. The molecule has 1 N–H and O–H groups in total. The van der Waals surface area contributed by atoms with Gasteiger partial charge in [-0.05, 0) is 119 Å². The van der Waals surface area contributed by atoms with Crippen LogP contribution >= 0.6 is 11.6 Å². The average Bonchev–Trinajstić information content (AvgIpc) is 3.21. The van der Waals surface area contributed by atoms with Gasteiger partial charge in [-0.2, -0.15) is 0 Å². The van der Waals surface area contributed by atoms with Crippen LogP contribution in [0.5, 0.6) is 5.75 Å². The average molecular weight is 712 g/mol. The van der Waals surface area contributed by atoms with Crippen molar-refractivity contribution in [2.45, 2.75) is 75.4 Å². The number of hydrogen-bond donors (Lipinski definition) is 1. The maximum absolute atomic E-state index is 13.5. The Balaban J connectivity index is 1.28. The van der Waals surface area contributed by atoms with Crippen LogP contribution in [0.4, 0.5) is 5.69 Å². The van der Waals surface area contributed by atoms with E-state index in [4.69, 9.17) is 25.8 Å². The van der Waals surface area contributed by atoms with E-state index in [1.807, 2.05) is 39.2 Å². The van der Waals surface area contributed by atoms with Gasteiger partial charge in [-0.25, -0.2) is 13.1 Å². The molecular weight excluding hydrogens is 662 g/mol. The predicted octanol–water partition coefficient (Wildman–Crippen LogP) is 5.80. The van der Waals surface area contributed by atoms with Gasteiger partial charge in [0.25, 0.3) is 5.91 Å². The van der Waals surface area contributed by atoms with Crippen molar-refractivity contribution >= 4 is 33.2 Å². The second-order valence-corrected chi connectivity index (χ2v) is 17.8. The molecule has 2 bridgehead atoms. The Morgan fingerprint density at radius 1 is 1.06 bits per heavy atom. The highest BCUT2D eigenvalue weighted by molar-refractivity contribution is 7.90. The Kier molecular flexibility index (Phi) is 9.82. The first-order valence-electron chi connectivity index (χ1n) is 17.9. The first-order valence-corrected chi connectivity index (χ1v) is 19.8. The third kappa shape index (κ3) is 6.88. The molecule has 9 nitrogen and oxygen atoms in total. The molecule has 2 aromatic carbocycles. The number of ether oxygens (including phenoxy) is 3. The van der Waals surface area contributed by atoms with Crippen molar-refractivity contribution in [3.8, 4) is 5.75 Å². The zero-order chi connectivity index (χ0) is 34.5. The number of carbonyl (C=O) groups excluding carboxylic acids is 1. The Morgan fingerprint density at radius 3 is 2.59 bits per heavy atom. The fourth-order valence-electron chi connectivity index (χ4n) is 8.56. The van der Waals surface area contributed by atoms with Crippen LogP contribution in [0, 0.1) is 23.7 Å². The summed E-state index contributed by atoms with van der Waals surface area (Å²) >= 11 is 6.47. The maximum atomic E-state index is 13.5. The minimum Gasteiger partial charge on any atom is -0.490 e. The van der Waals surface area contributed by atoms with Crippen LogP contribution in [0.2, 0.25) is 5.02 Å². The van der Waals surface area contributed by atoms with Gasteiger partial charge in [0.2, 0.25) is 10.0 Å². The SMILES string of the molecule is C[C@@H]1[C@@H](C)C/C=C/[C@H](C2OCC(N(C)C)CO2)[C@@H]2CC[C@H]2CN2C[C@@]3(CCCc4cc(Cl)ccc43)COc3ccc(cc32)C(=O)NS1(=O)=O. The number of benzene rings is 2. The number of nitrogens with zero attached hydrogens (tertiary/aromatic N) is 2. The number of sulfonamides is 1. The van der Waals surface area contributed by atoms with Crippen molar-refractivity contribution in [2.75, 3.05) is 51.9 Å². The van der Waals surface area contributed by atoms with Gasteiger partial charge in [0.05, 0.1) is 36.8 Å². The molecule has 2 aromatic rings. The molecule has 3 aliphatic heterocycles. The van der Waals surface area contributed by atoms with E-state index in [0.717, 1.165) is 55.9 Å². The Hall–Kier alpha value is -2.63. The summed E-state index contributed by atoms with van der Waals surface area (Å²) in [4.78, 5) is 18.1. The molecule has 0 aromatic heterocycles. The van der Waals surface area contributed by atoms with E-state index in [9.17, 15) is 13.2 Å². The lowest BCUT2D eigenvalue weighted by Crippen LogP contribution is -2.51. The minimum absolute atomic E-state index is 0.0362. The highest BCUT2D eigenvalue weighted by Crippen LogP contribution is 2.48. The van der Waals surface area contributed by atoms with Gasteiger partial charge in [-0.1, -0.05) is 36.7 Å². The molecule has 5 aliphatic rings. The molecule has 1 saturated carbocycles. The summed E-state index contributed by atoms with van der Waals surface area (Å²) in [7, 11) is 0.157. The third-order valence-corrected chi connectivity index (χ3v) is 14.2. The van der Waals surface area contributed by atoms with E-state index in [2.05, 4.69) is 38.8 Å². The summed E-state index contributed by atoms with van der Waals surface area (Å²) in [5, 5.41) is -0.0271. The zero-order valence-corrected chi connectivity index (χ0v) is 30.6. The van der Waals surface area contributed by atoms with Crippen LogP contribution in [-0.2, 0) is 31.3 Å². The number of carbonyl (C=O) groups is 1. The number of anilines is 1. The number of amides is 1. The number of hydrogen-bond acceptors (Lipinski definition) is 8. The van der Waals surface area contributed by atoms with Crippen LogP contribution in [0.15, 0.2) is 48.6 Å². The van der Waals surface area contributed by atoms with E-state index in [-0.39, 0.29) is 29.6 Å². The van der Waals surface area contributed by atoms with Crippen LogP contribution in [-0.4, -0.2) is 83.8 Å². The highest BCUT2D eigenvalue weighted by atomic mass is 35.5. The quantitative estimate of drug-likeness (QED) is 0.391. The standard InChI is InChI=1S/C38H50ClN3O6S/c1-24-7-5-9-32(37-46-20-30(21-47-37)41(3)4)31-13-10-28(31)19-42-22-38(16-6-8-26-17-29(39)12-14-33(26)38)23-48-35-15-11-27(18-34(35)42)36(43)40-49(44,45)25(24)2/h5,9,11-12,14-15,17-18,24-25,28,30-32,37H,6-8,10,13,16,19-23H2,1-4H3,(H,40,43)/b9-5+/t24-,25+,28-,30?,31+,32-,37?,38-/m0/s1. The van der Waals surface area contributed by atoms with Crippen molar-refractivity contribution < 1.29 is 27.4 Å². The van der Waals surface area contributed by atoms with Crippen molar-refractivity contribution in [3.05, 3.63) is 70.3 Å². The van der Waals surface area contributed by atoms with Crippen molar-refractivity contribution in [1.29, 1.82) is 0 Å². The molecule has 1 saturated heterocycles. The molecule has 7 rings (SSSR count). The number of likely N-dealkylation sites (N-methyl/N-ethyl adjacent to an activating group) is 1. The van der Waals surface area contributed by atoms with Crippen molar-refractivity contribution in [2.24, 2.45) is 23.7 Å². The molecular formula is C38H50ClN3O6S. The predicted molar refractivity (Wildman–Crippen MR) is 192 cm³/mol. The number of halogens is 1. The monoisotopic (exact) mass is 711 g/mol. The molecule has 11 heteroatoms. The number of rotatable bonds is 2. The molecule has 3 heterocycles. The van der Waals surface area contributed by atoms with Gasteiger partial charge in [0.1, 0.15) is 5.75 Å². The normalized spacial score (nSPS) is 35.3. The minimum atomic E-state index is -3.94. The van der Waals surface area contributed by atoms with Crippen LogP contribution in [0.1, 0.15) is 67.4 Å². The summed E-state index contributed by atoms with van der Waals surface area (Å²) in [5.74, 6) is 0.612. The molecule has 49 heavy (non-hydrogen) atoms. The van der Waals surface area contributed by atoms with Gasteiger partial charge in [-0.3, -0.25) is 4.79 Å². The Bertz CT molecular complexity index is 1690. The number of nitrogens with one attached hydrogen (secondary N) is 1. The lowest BCUT2D eigenvalue weighted by atomic mass is 9.65. The fourth-order valence-corrected chi connectivity index (χ4v) is 10.0. The highest BCUT2D eigenvalue weighted by Gasteiger charge is 2.46. The van der Waals surface area contributed by atoms with Crippen LogP contribution in [0.3, 0.4) is 0 Å². The molecule has 0 radical (unpaired) electrons. The molecule has 6 atom stereocenters. The zero-order valence-electron chi connectivity index (χ0n) is 29.1. The largest absolute Gasteiger partial charge is 0.490 e. The van der Waals surface area contributed by atoms with Gasteiger partial charge in [-0.15, -0.1) is 0 Å². The summed E-state index contributed by atoms with van der Waals surface area (Å²) in [6, 6.07) is 11.8. The summed E-state index contributed by atoms with van der Waals surface area (Å²) in [5.41, 5.74) is 3.42. The first-order chi connectivity index (χ1) is 23.4. The molecule has 266 valence electrons. The van der Waals surface area contributed by atoms with E-state index >= 15 is 0 Å². The van der Waals surface area contributed by atoms with E-state index in [0.29, 0.717) is 49.4 Å². The van der Waals surface area contributed by atoms with E-state index in [1.54, 1.807) is 13.0 Å². The smallest absolute Gasteiger partial charge is 0.264 e. The second-order valence-electron chi connectivity index (χ2n) is 15.3. The Morgan fingerprint density at radius 2 is 1.86 bits per heavy atom. The van der Waals surface area contributed by atoms with Gasteiger partial charge < -0.3 is 24.0 Å².